The third-order valence-electron chi connectivity index (χ3n) is 8.75. The summed E-state index contributed by atoms with van der Waals surface area (Å²) >= 11 is 0. The molecule has 49 heavy (non-hydrogen) atoms. The summed E-state index contributed by atoms with van der Waals surface area (Å²) in [7, 11) is 3.40. The number of fused-ring (bicyclic) bond motifs is 3. The summed E-state index contributed by atoms with van der Waals surface area (Å²) in [5, 5.41) is 0. The number of hydrogen-bond acceptors (Lipinski definition) is 7. The molecule has 0 aromatic heterocycles. The van der Waals surface area contributed by atoms with Crippen LogP contribution < -0.4 is 4.74 Å². The van der Waals surface area contributed by atoms with Crippen LogP contribution in [-0.4, -0.2) is 72.0 Å². The van der Waals surface area contributed by atoms with Crippen molar-refractivity contribution in [2.75, 3.05) is 60.5 Å². The number of carbonyl (C=O) groups excluding carboxylic acids is 1. The normalized spacial score (nSPS) is 13.0. The number of esters is 1. The van der Waals surface area contributed by atoms with Gasteiger partial charge in [0.1, 0.15) is 11.4 Å². The molecule has 0 saturated heterocycles. The van der Waals surface area contributed by atoms with E-state index >= 15 is 0 Å². The third-order valence-corrected chi connectivity index (χ3v) is 8.75. The zero-order chi connectivity index (χ0) is 34.2. The molecule has 3 aromatic carbocycles. The van der Waals surface area contributed by atoms with Crippen molar-refractivity contribution < 1.29 is 65.9 Å². The Morgan fingerprint density at radius 3 is 1.96 bits per heavy atom. The first kappa shape index (κ1) is 41.3. The van der Waals surface area contributed by atoms with E-state index in [4.69, 9.17) is 28.4 Å². The summed E-state index contributed by atoms with van der Waals surface area (Å²) in [6.45, 7) is 10.1. The van der Waals surface area contributed by atoms with Gasteiger partial charge >= 0.3 is 5.97 Å². The van der Waals surface area contributed by atoms with Gasteiger partial charge < -0.3 is 28.4 Å². The second-order valence-corrected chi connectivity index (χ2v) is 13.5. The van der Waals surface area contributed by atoms with E-state index in [9.17, 15) is 4.79 Å². The van der Waals surface area contributed by atoms with Gasteiger partial charge in [-0.2, -0.15) is 24.3 Å². The van der Waals surface area contributed by atoms with E-state index in [0.29, 0.717) is 52.7 Å². The first-order valence-electron chi connectivity index (χ1n) is 17.5. The molecule has 1 aliphatic carbocycles. The van der Waals surface area contributed by atoms with Crippen LogP contribution in [-0.2, 0) is 66.6 Å². The molecular weight excluding hydrogens is 693 g/mol. The van der Waals surface area contributed by atoms with Crippen LogP contribution in [0.5, 0.6) is 5.75 Å². The average molecular weight is 749 g/mol. The molecular formula is C41H55O7Y-. The molecule has 4 rings (SSSR count). The monoisotopic (exact) mass is 748 g/mol. The van der Waals surface area contributed by atoms with Gasteiger partial charge in [0.05, 0.1) is 33.0 Å². The van der Waals surface area contributed by atoms with Crippen molar-refractivity contribution in [3.8, 4) is 28.0 Å². The zero-order valence-electron chi connectivity index (χ0n) is 30.3. The molecule has 1 radical (unpaired) electrons. The van der Waals surface area contributed by atoms with Gasteiger partial charge in [0.15, 0.2) is 0 Å². The van der Waals surface area contributed by atoms with Crippen molar-refractivity contribution in [1.82, 2.24) is 0 Å². The van der Waals surface area contributed by atoms with Crippen LogP contribution in [0.1, 0.15) is 83.3 Å². The molecule has 0 aliphatic heterocycles. The second kappa shape index (κ2) is 21.3. The minimum absolute atomic E-state index is 0. The van der Waals surface area contributed by atoms with Gasteiger partial charge in [-0.05, 0) is 106 Å². The maximum atomic E-state index is 11.9. The fraction of sp³-hybridized carbons (Fsp3) is 0.537. The van der Waals surface area contributed by atoms with E-state index in [2.05, 4.69) is 60.7 Å². The average Bonchev–Trinajstić information content (AvgIpc) is 3.34. The summed E-state index contributed by atoms with van der Waals surface area (Å²) in [5.74, 6) is 0.718. The van der Waals surface area contributed by atoms with Crippen LogP contribution in [0.3, 0.4) is 0 Å². The summed E-state index contributed by atoms with van der Waals surface area (Å²) in [5.41, 5.74) is 7.08. The maximum Gasteiger partial charge on any atom is 0.306 e. The van der Waals surface area contributed by atoms with Crippen molar-refractivity contribution in [3.05, 3.63) is 77.9 Å². The Kier molecular flexibility index (Phi) is 17.9. The summed E-state index contributed by atoms with van der Waals surface area (Å²) in [6.07, 6.45) is 6.91. The van der Waals surface area contributed by atoms with Gasteiger partial charge in [0.25, 0.3) is 0 Å². The van der Waals surface area contributed by atoms with Crippen LogP contribution in [0.15, 0.2) is 60.7 Å². The first-order valence-corrected chi connectivity index (χ1v) is 17.5. The Morgan fingerprint density at radius 1 is 0.694 bits per heavy atom. The van der Waals surface area contributed by atoms with Crippen molar-refractivity contribution in [1.29, 1.82) is 0 Å². The quantitative estimate of drug-likeness (QED) is 0.0579. The van der Waals surface area contributed by atoms with Gasteiger partial charge in [-0.3, -0.25) is 4.79 Å². The van der Waals surface area contributed by atoms with Crippen LogP contribution in [0.4, 0.5) is 0 Å². The molecule has 0 atom stereocenters. The summed E-state index contributed by atoms with van der Waals surface area (Å²) < 4.78 is 33.6. The summed E-state index contributed by atoms with van der Waals surface area (Å²) in [4.78, 5) is 11.9. The summed E-state index contributed by atoms with van der Waals surface area (Å²) in [6, 6.07) is 25.1. The van der Waals surface area contributed by atoms with Gasteiger partial charge in [0, 0.05) is 66.6 Å². The Morgan fingerprint density at radius 2 is 1.33 bits per heavy atom. The predicted molar refractivity (Wildman–Crippen MR) is 191 cm³/mol. The van der Waals surface area contributed by atoms with Crippen LogP contribution >= 0.6 is 0 Å². The number of rotatable bonds is 22. The minimum Gasteiger partial charge on any atom is -0.494 e. The zero-order valence-corrected chi connectivity index (χ0v) is 33.2. The molecule has 0 saturated carbocycles. The van der Waals surface area contributed by atoms with Gasteiger partial charge in [-0.1, -0.05) is 30.3 Å². The van der Waals surface area contributed by atoms with E-state index in [1.165, 1.54) is 27.8 Å². The Hall–Kier alpha value is -2.13. The molecule has 0 amide bonds. The number of carbonyl (C=O) groups is 1. The molecule has 1 aliphatic rings. The molecule has 0 fully saturated rings. The van der Waals surface area contributed by atoms with Gasteiger partial charge in [-0.25, -0.2) is 0 Å². The number of ether oxygens (including phenoxy) is 6. The molecule has 0 bridgehead atoms. The van der Waals surface area contributed by atoms with E-state index in [1.54, 1.807) is 14.2 Å². The Labute approximate surface area is 319 Å². The fourth-order valence-corrected chi connectivity index (χ4v) is 6.54. The molecule has 0 N–H and O–H groups in total. The molecule has 0 unspecified atom stereocenters. The molecule has 0 heterocycles. The van der Waals surface area contributed by atoms with Gasteiger partial charge in [0.2, 0.25) is 0 Å². The minimum atomic E-state index is -0.433. The largest absolute Gasteiger partial charge is 0.494 e. The Bertz CT molecular complexity index is 1380. The van der Waals surface area contributed by atoms with Crippen LogP contribution in [0.25, 0.3) is 22.3 Å². The smallest absolute Gasteiger partial charge is 0.306 e. The maximum absolute atomic E-state index is 11.9. The van der Waals surface area contributed by atoms with E-state index in [0.717, 1.165) is 56.3 Å². The standard InChI is InChI=1S/C41H55O7.Y/c1-40(2,3)48-39(42)15-7-6-10-26-47-34-19-16-32(17-20-34)33-18-21-36-35-13-8-9-14-37(35)41(38(36)31-33,22-11-24-45-29-27-43-4)23-12-25-46-30-28-44-5;/h8,13-14,16-21,31H,6-7,10-12,15,22-30H2,1-5H3;/q-1;. The van der Waals surface area contributed by atoms with E-state index in [1.807, 2.05) is 26.8 Å². The topological polar surface area (TPSA) is 72.5 Å². The predicted octanol–water partition coefficient (Wildman–Crippen LogP) is 8.59. The third kappa shape index (κ3) is 12.6. The number of benzene rings is 3. The number of methoxy groups -OCH3 is 2. The molecule has 7 nitrogen and oxygen atoms in total. The number of hydrogen-bond donors (Lipinski definition) is 0. The number of unbranched alkanes of at least 4 members (excludes halogenated alkanes) is 2. The molecule has 265 valence electrons. The molecule has 8 heteroatoms. The van der Waals surface area contributed by atoms with Crippen molar-refractivity contribution in [2.24, 2.45) is 0 Å². The molecule has 3 aromatic rings. The van der Waals surface area contributed by atoms with Gasteiger partial charge in [-0.15, -0.1) is 11.1 Å². The van der Waals surface area contributed by atoms with Crippen LogP contribution in [0.2, 0.25) is 0 Å². The molecule has 0 spiro atoms. The van der Waals surface area contributed by atoms with E-state index < -0.39 is 5.60 Å². The van der Waals surface area contributed by atoms with E-state index in [-0.39, 0.29) is 44.1 Å². The van der Waals surface area contributed by atoms with Crippen molar-refractivity contribution in [3.63, 3.8) is 0 Å². The van der Waals surface area contributed by atoms with Crippen molar-refractivity contribution >= 4 is 5.97 Å². The van der Waals surface area contributed by atoms with Crippen LogP contribution in [0, 0.1) is 6.07 Å². The Balaban J connectivity index is 0.00000650. The second-order valence-electron chi connectivity index (χ2n) is 13.5. The SMILES string of the molecule is COCCOCCCC1(CCCOCCOC)c2c[c-]ccc2-c2ccc(-c3ccc(OCCCCCC(=O)OC(C)(C)C)cc3)cc21.[Y]. The van der Waals surface area contributed by atoms with Crippen molar-refractivity contribution in [2.45, 2.75) is 83.2 Å². The fourth-order valence-electron chi connectivity index (χ4n) is 6.54. The first-order chi connectivity index (χ1) is 23.3.